The summed E-state index contributed by atoms with van der Waals surface area (Å²) in [6.07, 6.45) is 4.59. The Morgan fingerprint density at radius 3 is 2.28 bits per heavy atom. The molecule has 2 unspecified atom stereocenters. The molecule has 3 aliphatic rings. The Morgan fingerprint density at radius 1 is 1.02 bits per heavy atom. The van der Waals surface area contributed by atoms with E-state index in [1.165, 1.54) is 0 Å². The second-order valence-corrected chi connectivity index (χ2v) is 12.8. The summed E-state index contributed by atoms with van der Waals surface area (Å²) in [5.74, 6) is 0.00802. The number of amides is 3. The first-order chi connectivity index (χ1) is 20.4. The molecule has 2 fully saturated rings. The Kier molecular flexibility index (Phi) is 10.6. The lowest BCUT2D eigenvalue weighted by molar-refractivity contribution is -0.138. The van der Waals surface area contributed by atoms with Crippen LogP contribution >= 0.6 is 0 Å². The standard InChI is InChI=1S/C31H40N4O3.H2O4S/c1-31(2)25-12-6-7-13-27(25)35(30(31)38)24-16-19-34(20-17-24)29(37)26(15-14-22-9-4-3-5-10-22)33-28(36)23-11-8-18-32-21-23;1-5(2,3)4/h3-7,9-10,12-13,23-24,26,32H,8,11,14-21H2,1-2H3,(H,33,36);(H2,1,2,3,4). The fourth-order valence-corrected chi connectivity index (χ4v) is 6.24. The molecule has 2 atom stereocenters. The predicted octanol–water partition coefficient (Wildman–Crippen LogP) is 2.77. The van der Waals surface area contributed by atoms with E-state index in [1.807, 2.05) is 66.1 Å². The normalized spacial score (nSPS) is 20.9. The van der Waals surface area contributed by atoms with Gasteiger partial charge in [-0.1, -0.05) is 48.5 Å². The van der Waals surface area contributed by atoms with Crippen LogP contribution in [-0.4, -0.2) is 78.4 Å². The quantitative estimate of drug-likeness (QED) is 0.347. The minimum Gasteiger partial charge on any atom is -0.344 e. The molecule has 12 heteroatoms. The zero-order valence-corrected chi connectivity index (χ0v) is 25.6. The van der Waals surface area contributed by atoms with Crippen molar-refractivity contribution in [2.45, 2.75) is 69.9 Å². The first kappa shape index (κ1) is 32.6. The van der Waals surface area contributed by atoms with Crippen molar-refractivity contribution in [1.82, 2.24) is 15.5 Å². The maximum Gasteiger partial charge on any atom is 0.394 e. The lowest BCUT2D eigenvalue weighted by Gasteiger charge is -2.39. The predicted molar refractivity (Wildman–Crippen MR) is 163 cm³/mol. The first-order valence-electron chi connectivity index (χ1n) is 14.8. The van der Waals surface area contributed by atoms with Crippen LogP contribution in [-0.2, 0) is 36.6 Å². The molecule has 2 saturated heterocycles. The largest absolute Gasteiger partial charge is 0.394 e. The minimum absolute atomic E-state index is 0.00928. The van der Waals surface area contributed by atoms with Gasteiger partial charge in [-0.2, -0.15) is 8.42 Å². The van der Waals surface area contributed by atoms with Gasteiger partial charge in [0.05, 0.1) is 11.3 Å². The summed E-state index contributed by atoms with van der Waals surface area (Å²) < 4.78 is 31.6. The van der Waals surface area contributed by atoms with Gasteiger partial charge < -0.3 is 20.4 Å². The molecule has 4 N–H and O–H groups in total. The summed E-state index contributed by atoms with van der Waals surface area (Å²) in [4.78, 5) is 44.1. The molecule has 0 saturated carbocycles. The summed E-state index contributed by atoms with van der Waals surface area (Å²) in [6, 6.07) is 17.7. The molecule has 234 valence electrons. The summed E-state index contributed by atoms with van der Waals surface area (Å²) in [6.45, 7) is 6.76. The van der Waals surface area contributed by atoms with Crippen molar-refractivity contribution in [3.8, 4) is 0 Å². The maximum atomic E-state index is 13.7. The van der Waals surface area contributed by atoms with E-state index in [0.29, 0.717) is 26.1 Å². The number of fused-ring (bicyclic) bond motifs is 1. The number of carbonyl (C=O) groups excluding carboxylic acids is 3. The van der Waals surface area contributed by atoms with Crippen molar-refractivity contribution < 1.29 is 31.9 Å². The molecule has 3 aliphatic heterocycles. The van der Waals surface area contributed by atoms with Crippen LogP contribution in [0.1, 0.15) is 57.1 Å². The van der Waals surface area contributed by atoms with Gasteiger partial charge in [-0.05, 0) is 76.1 Å². The maximum absolute atomic E-state index is 13.7. The number of piperidine rings is 2. The average molecular weight is 615 g/mol. The summed E-state index contributed by atoms with van der Waals surface area (Å²) in [5, 5.41) is 6.42. The SMILES string of the molecule is CC1(C)C(=O)N(C2CCN(C(=O)C(CCc3ccccc3)NC(=O)C3CCCNC3)CC2)c2ccccc21.O=S(=O)(O)O. The van der Waals surface area contributed by atoms with Gasteiger partial charge in [0.15, 0.2) is 0 Å². The molecule has 0 aliphatic carbocycles. The molecule has 2 aromatic carbocycles. The molecule has 5 rings (SSSR count). The second-order valence-electron chi connectivity index (χ2n) is 12.0. The van der Waals surface area contributed by atoms with Crippen LogP contribution < -0.4 is 15.5 Å². The molecule has 0 aromatic heterocycles. The Morgan fingerprint density at radius 2 is 1.65 bits per heavy atom. The zero-order valence-electron chi connectivity index (χ0n) is 24.7. The molecular formula is C31H42N4O7S. The van der Waals surface area contributed by atoms with E-state index in [2.05, 4.69) is 22.8 Å². The van der Waals surface area contributed by atoms with Crippen LogP contribution in [0.15, 0.2) is 54.6 Å². The smallest absolute Gasteiger partial charge is 0.344 e. The van der Waals surface area contributed by atoms with Gasteiger partial charge in [0, 0.05) is 31.4 Å². The molecule has 0 radical (unpaired) electrons. The number of rotatable bonds is 7. The number of benzene rings is 2. The lowest BCUT2D eigenvalue weighted by Crippen LogP contribution is -2.55. The zero-order chi connectivity index (χ0) is 31.2. The number of nitrogens with zero attached hydrogens (tertiary/aromatic N) is 2. The van der Waals surface area contributed by atoms with E-state index in [1.54, 1.807) is 0 Å². The fourth-order valence-electron chi connectivity index (χ4n) is 6.24. The van der Waals surface area contributed by atoms with Crippen LogP contribution in [0.4, 0.5) is 5.69 Å². The number of para-hydroxylation sites is 1. The van der Waals surface area contributed by atoms with E-state index in [9.17, 15) is 14.4 Å². The highest BCUT2D eigenvalue weighted by atomic mass is 32.3. The van der Waals surface area contributed by atoms with Gasteiger partial charge >= 0.3 is 10.4 Å². The number of hydrogen-bond acceptors (Lipinski definition) is 6. The molecule has 2 aromatic rings. The van der Waals surface area contributed by atoms with Gasteiger partial charge in [0.25, 0.3) is 0 Å². The van der Waals surface area contributed by atoms with Crippen LogP contribution in [0.5, 0.6) is 0 Å². The number of hydrogen-bond donors (Lipinski definition) is 4. The van der Waals surface area contributed by atoms with Crippen molar-refractivity contribution in [2.75, 3.05) is 31.1 Å². The number of likely N-dealkylation sites (tertiary alicyclic amines) is 1. The second kappa shape index (κ2) is 14.0. The van der Waals surface area contributed by atoms with Gasteiger partial charge in [-0.25, -0.2) is 0 Å². The molecule has 43 heavy (non-hydrogen) atoms. The van der Waals surface area contributed by atoms with Crippen molar-refractivity contribution >= 4 is 33.8 Å². The van der Waals surface area contributed by atoms with Gasteiger partial charge in [0.2, 0.25) is 17.7 Å². The third-order valence-corrected chi connectivity index (χ3v) is 8.58. The lowest BCUT2D eigenvalue weighted by atomic mass is 9.86. The first-order valence-corrected chi connectivity index (χ1v) is 16.2. The molecular weight excluding hydrogens is 572 g/mol. The van der Waals surface area contributed by atoms with Gasteiger partial charge in [-0.3, -0.25) is 23.5 Å². The highest BCUT2D eigenvalue weighted by molar-refractivity contribution is 7.79. The molecule has 3 amide bonds. The number of anilines is 1. The number of carbonyl (C=O) groups is 3. The summed E-state index contributed by atoms with van der Waals surface area (Å²) >= 11 is 0. The van der Waals surface area contributed by atoms with Crippen molar-refractivity contribution in [2.24, 2.45) is 5.92 Å². The molecule has 11 nitrogen and oxygen atoms in total. The van der Waals surface area contributed by atoms with Gasteiger partial charge in [0.1, 0.15) is 6.04 Å². The van der Waals surface area contributed by atoms with Gasteiger partial charge in [-0.15, -0.1) is 0 Å². The fraction of sp³-hybridized carbons (Fsp3) is 0.516. The van der Waals surface area contributed by atoms with E-state index in [0.717, 1.165) is 55.5 Å². The topological polar surface area (TPSA) is 156 Å². The van der Waals surface area contributed by atoms with Crippen LogP contribution in [0.25, 0.3) is 0 Å². The Labute approximate surface area is 253 Å². The number of aryl methyl sites for hydroxylation is 1. The third kappa shape index (κ3) is 8.41. The van der Waals surface area contributed by atoms with E-state index < -0.39 is 21.9 Å². The van der Waals surface area contributed by atoms with Crippen LogP contribution in [0, 0.1) is 5.92 Å². The molecule has 0 spiro atoms. The number of nitrogens with one attached hydrogen (secondary N) is 2. The highest BCUT2D eigenvalue weighted by Gasteiger charge is 2.47. The summed E-state index contributed by atoms with van der Waals surface area (Å²) in [5.41, 5.74) is 2.70. The third-order valence-electron chi connectivity index (χ3n) is 8.58. The highest BCUT2D eigenvalue weighted by Crippen LogP contribution is 2.43. The Bertz CT molecular complexity index is 1380. The van der Waals surface area contributed by atoms with Crippen molar-refractivity contribution in [3.05, 3.63) is 65.7 Å². The Balaban J connectivity index is 0.000000782. The van der Waals surface area contributed by atoms with Crippen molar-refractivity contribution in [3.63, 3.8) is 0 Å². The van der Waals surface area contributed by atoms with E-state index in [4.69, 9.17) is 17.5 Å². The minimum atomic E-state index is -4.67. The van der Waals surface area contributed by atoms with E-state index in [-0.39, 0.29) is 29.7 Å². The van der Waals surface area contributed by atoms with Crippen LogP contribution in [0.2, 0.25) is 0 Å². The van der Waals surface area contributed by atoms with Crippen molar-refractivity contribution in [1.29, 1.82) is 0 Å². The van der Waals surface area contributed by atoms with Crippen LogP contribution in [0.3, 0.4) is 0 Å². The Hall–Kier alpha value is -3.32. The van der Waals surface area contributed by atoms with E-state index >= 15 is 0 Å². The summed E-state index contributed by atoms with van der Waals surface area (Å²) in [7, 11) is -4.67. The molecule has 0 bridgehead atoms. The monoisotopic (exact) mass is 614 g/mol. The average Bonchev–Trinajstić information content (AvgIpc) is 3.19. The molecule has 3 heterocycles.